The maximum Gasteiger partial charge on any atom is 0.211 e. The molecule has 0 radical (unpaired) electrons. The Morgan fingerprint density at radius 1 is 1.00 bits per heavy atom. The van der Waals surface area contributed by atoms with Gasteiger partial charge >= 0.3 is 0 Å². The van der Waals surface area contributed by atoms with E-state index in [2.05, 4.69) is 9.44 Å². The Kier molecular flexibility index (Phi) is 7.49. The summed E-state index contributed by atoms with van der Waals surface area (Å²) in [5.74, 6) is 0.448. The Morgan fingerprint density at radius 2 is 1.56 bits per heavy atom. The van der Waals surface area contributed by atoms with Crippen molar-refractivity contribution in [2.24, 2.45) is 0 Å². The molecular weight excluding hydrogens is 276 g/mol. The van der Waals surface area contributed by atoms with E-state index in [0.29, 0.717) is 18.7 Å². The van der Waals surface area contributed by atoms with Crippen LogP contribution in [0.1, 0.15) is 12.8 Å². The fraction of sp³-hybridized carbons (Fsp3) is 1.00. The van der Waals surface area contributed by atoms with Crippen molar-refractivity contribution in [2.75, 3.05) is 31.0 Å². The van der Waals surface area contributed by atoms with Gasteiger partial charge in [0.1, 0.15) is 0 Å². The van der Waals surface area contributed by atoms with Crippen molar-refractivity contribution in [1.29, 1.82) is 0 Å². The van der Waals surface area contributed by atoms with E-state index in [-0.39, 0.29) is 18.8 Å². The standard InChI is InChI=1S/C7H17ClN2O4S2/c1-15(11,12)9-5-6-10-16(13,14)7-3-2-4-8/h9-10H,2-7H2,1H3. The second-order valence-electron chi connectivity index (χ2n) is 3.28. The summed E-state index contributed by atoms with van der Waals surface area (Å²) in [6.07, 6.45) is 2.16. The zero-order valence-corrected chi connectivity index (χ0v) is 11.5. The molecule has 0 heterocycles. The number of sulfonamides is 2. The summed E-state index contributed by atoms with van der Waals surface area (Å²) in [6.45, 7) is 0.101. The van der Waals surface area contributed by atoms with Crippen molar-refractivity contribution in [3.8, 4) is 0 Å². The highest BCUT2D eigenvalue weighted by molar-refractivity contribution is 7.89. The first-order valence-electron chi connectivity index (χ1n) is 4.75. The van der Waals surface area contributed by atoms with Crippen LogP contribution in [0.25, 0.3) is 0 Å². The van der Waals surface area contributed by atoms with Gasteiger partial charge in [-0.3, -0.25) is 0 Å². The maximum absolute atomic E-state index is 11.3. The van der Waals surface area contributed by atoms with Crippen LogP contribution in [0.5, 0.6) is 0 Å². The van der Waals surface area contributed by atoms with Gasteiger partial charge < -0.3 is 0 Å². The molecule has 0 saturated heterocycles. The third-order valence-corrected chi connectivity index (χ3v) is 4.07. The highest BCUT2D eigenvalue weighted by Crippen LogP contribution is 1.95. The molecule has 16 heavy (non-hydrogen) atoms. The molecule has 0 aliphatic carbocycles. The number of unbranched alkanes of at least 4 members (excludes halogenated alkanes) is 1. The normalized spacial score (nSPS) is 12.9. The molecule has 6 nitrogen and oxygen atoms in total. The zero-order valence-electron chi connectivity index (χ0n) is 9.07. The SMILES string of the molecule is CS(=O)(=O)NCCNS(=O)(=O)CCCCCl. The molecular formula is C7H17ClN2O4S2. The first-order valence-corrected chi connectivity index (χ1v) is 8.82. The van der Waals surface area contributed by atoms with E-state index >= 15 is 0 Å². The Bertz CT molecular complexity index is 379. The van der Waals surface area contributed by atoms with Gasteiger partial charge in [0.05, 0.1) is 12.0 Å². The summed E-state index contributed by atoms with van der Waals surface area (Å²) in [6, 6.07) is 0. The number of hydrogen-bond donors (Lipinski definition) is 2. The monoisotopic (exact) mass is 292 g/mol. The molecule has 0 amide bonds. The van der Waals surface area contributed by atoms with E-state index in [0.717, 1.165) is 6.26 Å². The molecule has 0 aromatic rings. The second kappa shape index (κ2) is 7.44. The van der Waals surface area contributed by atoms with Gasteiger partial charge in [-0.25, -0.2) is 26.3 Å². The van der Waals surface area contributed by atoms with Crippen LogP contribution in [0.4, 0.5) is 0 Å². The first kappa shape index (κ1) is 16.1. The molecule has 0 aliphatic heterocycles. The predicted octanol–water partition coefficient (Wildman–Crippen LogP) is -0.526. The molecule has 0 saturated carbocycles. The molecule has 0 aliphatic rings. The minimum absolute atomic E-state index is 0.0125. The van der Waals surface area contributed by atoms with Crippen LogP contribution in [0.2, 0.25) is 0 Å². The number of nitrogens with one attached hydrogen (secondary N) is 2. The topological polar surface area (TPSA) is 92.3 Å². The van der Waals surface area contributed by atoms with Crippen LogP contribution in [0.15, 0.2) is 0 Å². The van der Waals surface area contributed by atoms with Crippen molar-refractivity contribution in [3.63, 3.8) is 0 Å². The predicted molar refractivity (Wildman–Crippen MR) is 64.6 cm³/mol. The van der Waals surface area contributed by atoms with Crippen molar-refractivity contribution in [3.05, 3.63) is 0 Å². The number of rotatable bonds is 9. The lowest BCUT2D eigenvalue weighted by Gasteiger charge is -2.06. The fourth-order valence-corrected chi connectivity index (χ4v) is 2.71. The van der Waals surface area contributed by atoms with Gasteiger partial charge in [-0.2, -0.15) is 0 Å². The average Bonchev–Trinajstić information content (AvgIpc) is 2.11. The summed E-state index contributed by atoms with van der Waals surface area (Å²) in [5.41, 5.74) is 0. The summed E-state index contributed by atoms with van der Waals surface area (Å²) < 4.78 is 48.4. The number of hydrogen-bond acceptors (Lipinski definition) is 4. The smallest absolute Gasteiger partial charge is 0.211 e. The quantitative estimate of drug-likeness (QED) is 0.441. The molecule has 98 valence electrons. The van der Waals surface area contributed by atoms with Gasteiger partial charge in [0.15, 0.2) is 0 Å². The lowest BCUT2D eigenvalue weighted by atomic mass is 10.4. The third kappa shape index (κ3) is 10.6. The van der Waals surface area contributed by atoms with Crippen molar-refractivity contribution < 1.29 is 16.8 Å². The molecule has 0 atom stereocenters. The Morgan fingerprint density at radius 3 is 2.06 bits per heavy atom. The van der Waals surface area contributed by atoms with E-state index in [1.807, 2.05) is 0 Å². The van der Waals surface area contributed by atoms with E-state index in [4.69, 9.17) is 11.6 Å². The average molecular weight is 293 g/mol. The molecule has 0 unspecified atom stereocenters. The van der Waals surface area contributed by atoms with Crippen LogP contribution < -0.4 is 9.44 Å². The molecule has 0 spiro atoms. The lowest BCUT2D eigenvalue weighted by Crippen LogP contribution is -2.35. The van der Waals surface area contributed by atoms with Gasteiger partial charge in [0, 0.05) is 19.0 Å². The summed E-state index contributed by atoms with van der Waals surface area (Å²) in [7, 11) is -6.58. The summed E-state index contributed by atoms with van der Waals surface area (Å²) in [5, 5.41) is 0. The van der Waals surface area contributed by atoms with Gasteiger partial charge in [-0.1, -0.05) is 0 Å². The molecule has 0 aromatic heterocycles. The van der Waals surface area contributed by atoms with E-state index < -0.39 is 20.0 Å². The van der Waals surface area contributed by atoms with Gasteiger partial charge in [-0.15, -0.1) is 11.6 Å². The molecule has 2 N–H and O–H groups in total. The molecule has 0 aromatic carbocycles. The summed E-state index contributed by atoms with van der Waals surface area (Å²) >= 11 is 5.42. The van der Waals surface area contributed by atoms with Crippen LogP contribution in [0, 0.1) is 0 Å². The van der Waals surface area contributed by atoms with Crippen molar-refractivity contribution >= 4 is 31.6 Å². The largest absolute Gasteiger partial charge is 0.214 e. The van der Waals surface area contributed by atoms with Gasteiger partial charge in [0.2, 0.25) is 20.0 Å². The van der Waals surface area contributed by atoms with Gasteiger partial charge in [-0.05, 0) is 12.8 Å². The minimum Gasteiger partial charge on any atom is -0.214 e. The molecule has 9 heteroatoms. The Balaban J connectivity index is 3.75. The zero-order chi connectivity index (χ0) is 12.7. The second-order valence-corrected chi connectivity index (χ2v) is 7.41. The van der Waals surface area contributed by atoms with Crippen LogP contribution in [-0.2, 0) is 20.0 Å². The molecule has 0 rings (SSSR count). The van der Waals surface area contributed by atoms with Crippen LogP contribution >= 0.6 is 11.6 Å². The molecule has 0 bridgehead atoms. The van der Waals surface area contributed by atoms with Gasteiger partial charge in [0.25, 0.3) is 0 Å². The van der Waals surface area contributed by atoms with Crippen molar-refractivity contribution in [1.82, 2.24) is 9.44 Å². The highest BCUT2D eigenvalue weighted by atomic mass is 35.5. The minimum atomic E-state index is -3.32. The van der Waals surface area contributed by atoms with Crippen LogP contribution in [0.3, 0.4) is 0 Å². The van der Waals surface area contributed by atoms with E-state index in [9.17, 15) is 16.8 Å². The van der Waals surface area contributed by atoms with Crippen molar-refractivity contribution in [2.45, 2.75) is 12.8 Å². The van der Waals surface area contributed by atoms with E-state index in [1.54, 1.807) is 0 Å². The number of halogens is 1. The van der Waals surface area contributed by atoms with E-state index in [1.165, 1.54) is 0 Å². The highest BCUT2D eigenvalue weighted by Gasteiger charge is 2.09. The Labute approximate surface area is 102 Å². The lowest BCUT2D eigenvalue weighted by molar-refractivity contribution is 0.571. The fourth-order valence-electron chi connectivity index (χ4n) is 0.902. The third-order valence-electron chi connectivity index (χ3n) is 1.61. The Hall–Kier alpha value is 0.110. The maximum atomic E-state index is 11.3. The number of alkyl halides is 1. The van der Waals surface area contributed by atoms with Crippen LogP contribution in [-0.4, -0.2) is 47.8 Å². The molecule has 0 fully saturated rings. The summed E-state index contributed by atoms with van der Waals surface area (Å²) in [4.78, 5) is 0. The first-order chi connectivity index (χ1) is 7.27.